The third-order valence-electron chi connectivity index (χ3n) is 5.84. The number of carbonyl (C=O) groups excluding carboxylic acids is 2. The molecule has 1 unspecified atom stereocenters. The fourth-order valence-corrected chi connectivity index (χ4v) is 4.24. The Morgan fingerprint density at radius 1 is 1.14 bits per heavy atom. The summed E-state index contributed by atoms with van der Waals surface area (Å²) in [6, 6.07) is 14.8. The Bertz CT molecular complexity index is 1330. The standard InChI is InChI=1S/C27H25ClFN5O3/c1-2-37-27(36)23(19-4-3-11-30-15-19)14-21(32-26(35)25-16-31-34-33-25)12-17-5-7-18(8-6-17)22-13-20(28)9-10-24(22)29/h3-11,13,15-16,21,23H,2,12,14H2,1H3,(H,32,35)(H,31,33,34)/t21-,23?/m1/s1. The topological polar surface area (TPSA) is 110 Å². The molecule has 2 heterocycles. The molecule has 37 heavy (non-hydrogen) atoms. The first-order valence-electron chi connectivity index (χ1n) is 11.7. The number of amides is 1. The smallest absolute Gasteiger partial charge is 0.313 e. The molecule has 0 saturated carbocycles. The summed E-state index contributed by atoms with van der Waals surface area (Å²) in [6.45, 7) is 1.97. The number of aromatic amines is 1. The molecule has 0 bridgehead atoms. The van der Waals surface area contributed by atoms with Crippen molar-refractivity contribution in [3.63, 3.8) is 0 Å². The fourth-order valence-electron chi connectivity index (χ4n) is 4.07. The lowest BCUT2D eigenvalue weighted by molar-refractivity contribution is -0.145. The second-order valence-corrected chi connectivity index (χ2v) is 8.81. The molecule has 0 fully saturated rings. The van der Waals surface area contributed by atoms with Gasteiger partial charge >= 0.3 is 5.97 Å². The molecule has 0 radical (unpaired) electrons. The highest BCUT2D eigenvalue weighted by molar-refractivity contribution is 6.30. The van der Waals surface area contributed by atoms with E-state index in [4.69, 9.17) is 16.3 Å². The van der Waals surface area contributed by atoms with Gasteiger partial charge in [0.2, 0.25) is 0 Å². The van der Waals surface area contributed by atoms with Gasteiger partial charge in [0.1, 0.15) is 5.82 Å². The zero-order valence-corrected chi connectivity index (χ0v) is 20.8. The van der Waals surface area contributed by atoms with Gasteiger partial charge in [-0.1, -0.05) is 41.9 Å². The van der Waals surface area contributed by atoms with Gasteiger partial charge in [-0.05, 0) is 60.7 Å². The van der Waals surface area contributed by atoms with E-state index >= 15 is 0 Å². The molecule has 0 aliphatic rings. The van der Waals surface area contributed by atoms with Gasteiger partial charge in [0.15, 0.2) is 5.69 Å². The van der Waals surface area contributed by atoms with Gasteiger partial charge < -0.3 is 10.1 Å². The molecule has 0 saturated heterocycles. The Kier molecular flexibility index (Phi) is 8.58. The van der Waals surface area contributed by atoms with E-state index in [2.05, 4.69) is 25.7 Å². The fraction of sp³-hybridized carbons (Fsp3) is 0.222. The lowest BCUT2D eigenvalue weighted by Gasteiger charge is -2.24. The van der Waals surface area contributed by atoms with Gasteiger partial charge in [-0.15, -0.1) is 0 Å². The van der Waals surface area contributed by atoms with Gasteiger partial charge in [0.05, 0.1) is 18.7 Å². The number of benzene rings is 2. The van der Waals surface area contributed by atoms with Crippen molar-refractivity contribution in [2.45, 2.75) is 31.7 Å². The van der Waals surface area contributed by atoms with Crippen LogP contribution in [0.1, 0.15) is 40.9 Å². The number of ether oxygens (including phenoxy) is 1. The predicted molar refractivity (Wildman–Crippen MR) is 136 cm³/mol. The van der Waals surface area contributed by atoms with Gasteiger partial charge in [0, 0.05) is 29.0 Å². The highest BCUT2D eigenvalue weighted by atomic mass is 35.5. The predicted octanol–water partition coefficient (Wildman–Crippen LogP) is 4.74. The number of hydrogen-bond donors (Lipinski definition) is 2. The van der Waals surface area contributed by atoms with Crippen LogP contribution in [-0.4, -0.2) is 44.9 Å². The van der Waals surface area contributed by atoms with E-state index in [1.807, 2.05) is 12.1 Å². The van der Waals surface area contributed by atoms with Crippen LogP contribution in [0, 0.1) is 5.82 Å². The Morgan fingerprint density at radius 2 is 1.95 bits per heavy atom. The first-order chi connectivity index (χ1) is 17.9. The summed E-state index contributed by atoms with van der Waals surface area (Å²) in [5.74, 6) is -1.84. The van der Waals surface area contributed by atoms with Crippen molar-refractivity contribution in [2.75, 3.05) is 6.61 Å². The molecule has 8 nitrogen and oxygen atoms in total. The number of rotatable bonds is 10. The lowest BCUT2D eigenvalue weighted by atomic mass is 9.90. The summed E-state index contributed by atoms with van der Waals surface area (Å²) in [5.41, 5.74) is 2.77. The maximum absolute atomic E-state index is 14.3. The molecule has 4 aromatic rings. The molecular formula is C27H25ClFN5O3. The third-order valence-corrected chi connectivity index (χ3v) is 6.07. The van der Waals surface area contributed by atoms with Crippen LogP contribution >= 0.6 is 11.6 Å². The third kappa shape index (κ3) is 6.77. The number of carbonyl (C=O) groups is 2. The summed E-state index contributed by atoms with van der Waals surface area (Å²) >= 11 is 6.04. The van der Waals surface area contributed by atoms with Crippen molar-refractivity contribution in [3.05, 3.63) is 101 Å². The van der Waals surface area contributed by atoms with Crippen molar-refractivity contribution in [1.29, 1.82) is 0 Å². The van der Waals surface area contributed by atoms with Crippen LogP contribution in [0.2, 0.25) is 5.02 Å². The molecule has 2 aromatic carbocycles. The minimum atomic E-state index is -0.643. The highest BCUT2D eigenvalue weighted by Gasteiger charge is 2.28. The summed E-state index contributed by atoms with van der Waals surface area (Å²) in [4.78, 5) is 29.8. The van der Waals surface area contributed by atoms with E-state index in [9.17, 15) is 14.0 Å². The number of hydrogen-bond acceptors (Lipinski definition) is 6. The van der Waals surface area contributed by atoms with E-state index in [1.54, 1.807) is 49.6 Å². The minimum Gasteiger partial charge on any atom is -0.466 e. The number of nitrogens with zero attached hydrogens (tertiary/aromatic N) is 3. The van der Waals surface area contributed by atoms with Crippen LogP contribution in [0.5, 0.6) is 0 Å². The maximum Gasteiger partial charge on any atom is 0.313 e. The number of halogens is 2. The van der Waals surface area contributed by atoms with Crippen LogP contribution in [0.25, 0.3) is 11.1 Å². The van der Waals surface area contributed by atoms with Crippen molar-refractivity contribution < 1.29 is 18.7 Å². The molecule has 10 heteroatoms. The lowest BCUT2D eigenvalue weighted by Crippen LogP contribution is -2.39. The zero-order valence-electron chi connectivity index (χ0n) is 20.0. The molecule has 2 aromatic heterocycles. The van der Waals surface area contributed by atoms with E-state index < -0.39 is 23.8 Å². The maximum atomic E-state index is 14.3. The van der Waals surface area contributed by atoms with Crippen molar-refractivity contribution in [2.24, 2.45) is 0 Å². The molecular weight excluding hydrogens is 497 g/mol. The quantitative estimate of drug-likeness (QED) is 0.292. The number of nitrogens with one attached hydrogen (secondary N) is 2. The van der Waals surface area contributed by atoms with Crippen molar-refractivity contribution in [1.82, 2.24) is 25.7 Å². The van der Waals surface area contributed by atoms with E-state index in [-0.39, 0.29) is 24.5 Å². The molecule has 0 aliphatic heterocycles. The van der Waals surface area contributed by atoms with Crippen LogP contribution in [0.4, 0.5) is 4.39 Å². The van der Waals surface area contributed by atoms with Gasteiger partial charge in [0.25, 0.3) is 5.91 Å². The monoisotopic (exact) mass is 521 g/mol. The molecule has 4 rings (SSSR count). The Balaban J connectivity index is 1.59. The average Bonchev–Trinajstić information content (AvgIpc) is 3.45. The second kappa shape index (κ2) is 12.2. The first kappa shape index (κ1) is 26.0. The van der Waals surface area contributed by atoms with Crippen LogP contribution in [-0.2, 0) is 16.0 Å². The van der Waals surface area contributed by atoms with E-state index in [1.165, 1.54) is 18.3 Å². The van der Waals surface area contributed by atoms with Gasteiger partial charge in [-0.25, -0.2) is 4.39 Å². The second-order valence-electron chi connectivity index (χ2n) is 8.38. The first-order valence-corrected chi connectivity index (χ1v) is 12.1. The van der Waals surface area contributed by atoms with Crippen molar-refractivity contribution >= 4 is 23.5 Å². The van der Waals surface area contributed by atoms with Crippen LogP contribution in [0.15, 0.2) is 73.2 Å². The Hall–Kier alpha value is -4.11. The summed E-state index contributed by atoms with van der Waals surface area (Å²) in [6.07, 6.45) is 5.23. The Labute approximate surface area is 218 Å². The molecule has 2 atom stereocenters. The van der Waals surface area contributed by atoms with Gasteiger partial charge in [-0.3, -0.25) is 14.6 Å². The minimum absolute atomic E-state index is 0.130. The van der Waals surface area contributed by atoms with Gasteiger partial charge in [-0.2, -0.15) is 15.4 Å². The summed E-state index contributed by atoms with van der Waals surface area (Å²) in [5, 5.41) is 13.4. The molecule has 0 spiro atoms. The SMILES string of the molecule is CCOC(=O)C(C[C@@H](Cc1ccc(-c2cc(Cl)ccc2F)cc1)NC(=O)c1cn[nH]n1)c1cccnc1. The molecule has 0 aliphatic carbocycles. The van der Waals surface area contributed by atoms with E-state index in [0.717, 1.165) is 5.56 Å². The summed E-state index contributed by atoms with van der Waals surface area (Å²) in [7, 11) is 0. The number of esters is 1. The molecule has 190 valence electrons. The van der Waals surface area contributed by atoms with Crippen LogP contribution in [0.3, 0.4) is 0 Å². The average molecular weight is 522 g/mol. The molecule has 2 N–H and O–H groups in total. The Morgan fingerprint density at radius 3 is 2.62 bits per heavy atom. The molecule has 1 amide bonds. The van der Waals surface area contributed by atoms with E-state index in [0.29, 0.717) is 28.1 Å². The number of aromatic nitrogens is 4. The van der Waals surface area contributed by atoms with Crippen molar-refractivity contribution in [3.8, 4) is 11.1 Å². The normalized spacial score (nSPS) is 12.5. The largest absolute Gasteiger partial charge is 0.466 e. The zero-order chi connectivity index (χ0) is 26.2. The number of pyridine rings is 1. The number of H-pyrrole nitrogens is 1. The highest BCUT2D eigenvalue weighted by Crippen LogP contribution is 2.28. The van der Waals surface area contributed by atoms with Crippen LogP contribution < -0.4 is 5.32 Å². The summed E-state index contributed by atoms with van der Waals surface area (Å²) < 4.78 is 19.6.